The van der Waals surface area contributed by atoms with Crippen LogP contribution in [0, 0.1) is 18.6 Å². The monoisotopic (exact) mass is 234 g/mol. The third-order valence-corrected chi connectivity index (χ3v) is 2.58. The van der Waals surface area contributed by atoms with E-state index in [2.05, 4.69) is 4.98 Å². The SMILES string of the molecule is Cc1cc(C(N)c2ccc(F)cc2F)ccn1. The summed E-state index contributed by atoms with van der Waals surface area (Å²) >= 11 is 0. The Hall–Kier alpha value is -1.81. The number of nitrogens with two attached hydrogens (primary N) is 1. The van der Waals surface area contributed by atoms with E-state index in [4.69, 9.17) is 5.73 Å². The lowest BCUT2D eigenvalue weighted by Gasteiger charge is -2.13. The molecule has 2 rings (SSSR count). The molecule has 0 saturated heterocycles. The van der Waals surface area contributed by atoms with Gasteiger partial charge in [-0.2, -0.15) is 0 Å². The van der Waals surface area contributed by atoms with Crippen LogP contribution in [0.15, 0.2) is 36.5 Å². The van der Waals surface area contributed by atoms with E-state index < -0.39 is 17.7 Å². The predicted molar refractivity (Wildman–Crippen MR) is 61.4 cm³/mol. The van der Waals surface area contributed by atoms with Crippen molar-refractivity contribution in [3.05, 3.63) is 65.0 Å². The minimum Gasteiger partial charge on any atom is -0.320 e. The van der Waals surface area contributed by atoms with Crippen LogP contribution in [0.4, 0.5) is 8.78 Å². The molecule has 2 nitrogen and oxygen atoms in total. The molecule has 4 heteroatoms. The highest BCUT2D eigenvalue weighted by Crippen LogP contribution is 2.22. The van der Waals surface area contributed by atoms with E-state index in [9.17, 15) is 8.78 Å². The molecule has 1 atom stereocenters. The fourth-order valence-corrected chi connectivity index (χ4v) is 1.69. The number of benzene rings is 1. The van der Waals surface area contributed by atoms with E-state index in [-0.39, 0.29) is 5.56 Å². The summed E-state index contributed by atoms with van der Waals surface area (Å²) < 4.78 is 26.3. The maximum atomic E-state index is 13.6. The number of pyridine rings is 1. The zero-order chi connectivity index (χ0) is 12.4. The van der Waals surface area contributed by atoms with Crippen LogP contribution in [-0.2, 0) is 0 Å². The molecule has 0 aliphatic carbocycles. The highest BCUT2D eigenvalue weighted by atomic mass is 19.1. The second-order valence-electron chi connectivity index (χ2n) is 3.87. The van der Waals surface area contributed by atoms with E-state index in [0.29, 0.717) is 0 Å². The first-order chi connectivity index (χ1) is 8.08. The summed E-state index contributed by atoms with van der Waals surface area (Å²) in [5.74, 6) is -1.24. The molecular weight excluding hydrogens is 222 g/mol. The van der Waals surface area contributed by atoms with Gasteiger partial charge in [0.25, 0.3) is 0 Å². The van der Waals surface area contributed by atoms with Crippen molar-refractivity contribution in [3.63, 3.8) is 0 Å². The van der Waals surface area contributed by atoms with Gasteiger partial charge in [-0.1, -0.05) is 6.07 Å². The van der Waals surface area contributed by atoms with Gasteiger partial charge in [-0.25, -0.2) is 8.78 Å². The molecule has 1 aromatic carbocycles. The van der Waals surface area contributed by atoms with Gasteiger partial charge in [-0.3, -0.25) is 4.98 Å². The van der Waals surface area contributed by atoms with Crippen molar-refractivity contribution in [1.29, 1.82) is 0 Å². The van der Waals surface area contributed by atoms with Gasteiger partial charge in [-0.15, -0.1) is 0 Å². The minimum atomic E-state index is -0.632. The molecule has 0 saturated carbocycles. The molecule has 0 bridgehead atoms. The first-order valence-corrected chi connectivity index (χ1v) is 5.21. The van der Waals surface area contributed by atoms with E-state index in [0.717, 1.165) is 17.3 Å². The molecule has 2 N–H and O–H groups in total. The molecule has 2 aromatic rings. The molecule has 1 unspecified atom stereocenters. The first kappa shape index (κ1) is 11.7. The van der Waals surface area contributed by atoms with Crippen LogP contribution >= 0.6 is 0 Å². The number of nitrogens with zero attached hydrogens (tertiary/aromatic N) is 1. The van der Waals surface area contributed by atoms with Gasteiger partial charge in [0.15, 0.2) is 0 Å². The molecule has 0 fully saturated rings. The molecule has 0 aliphatic rings. The van der Waals surface area contributed by atoms with Crippen LogP contribution in [0.2, 0.25) is 0 Å². The summed E-state index contributed by atoms with van der Waals surface area (Å²) in [6.45, 7) is 1.83. The number of halogens is 2. The van der Waals surface area contributed by atoms with Crippen molar-refractivity contribution in [2.75, 3.05) is 0 Å². The Balaban J connectivity index is 2.40. The largest absolute Gasteiger partial charge is 0.320 e. The van der Waals surface area contributed by atoms with Crippen molar-refractivity contribution < 1.29 is 8.78 Å². The third-order valence-electron chi connectivity index (χ3n) is 2.58. The van der Waals surface area contributed by atoms with Gasteiger partial charge in [0.05, 0.1) is 6.04 Å². The number of hydrogen-bond acceptors (Lipinski definition) is 2. The number of rotatable bonds is 2. The topological polar surface area (TPSA) is 38.9 Å². The van der Waals surface area contributed by atoms with Crippen molar-refractivity contribution in [3.8, 4) is 0 Å². The average Bonchev–Trinajstić information content (AvgIpc) is 2.28. The van der Waals surface area contributed by atoms with E-state index in [1.807, 2.05) is 6.92 Å². The molecule has 1 aromatic heterocycles. The smallest absolute Gasteiger partial charge is 0.131 e. The lowest BCUT2D eigenvalue weighted by molar-refractivity contribution is 0.566. The summed E-state index contributed by atoms with van der Waals surface area (Å²) in [7, 11) is 0. The molecule has 88 valence electrons. The maximum Gasteiger partial charge on any atom is 0.131 e. The van der Waals surface area contributed by atoms with Crippen LogP contribution in [0.1, 0.15) is 22.9 Å². The normalized spacial score (nSPS) is 12.5. The molecular formula is C13H12F2N2. The van der Waals surface area contributed by atoms with Crippen LogP contribution in [0.25, 0.3) is 0 Å². The summed E-state index contributed by atoms with van der Waals surface area (Å²) in [6.07, 6.45) is 1.62. The summed E-state index contributed by atoms with van der Waals surface area (Å²) in [4.78, 5) is 4.04. The first-order valence-electron chi connectivity index (χ1n) is 5.21. The van der Waals surface area contributed by atoms with E-state index in [1.165, 1.54) is 12.1 Å². The summed E-state index contributed by atoms with van der Waals surface area (Å²) in [6, 6.07) is 6.30. The summed E-state index contributed by atoms with van der Waals surface area (Å²) in [5.41, 5.74) is 7.78. The number of hydrogen-bond donors (Lipinski definition) is 1. The number of aryl methyl sites for hydroxylation is 1. The second-order valence-corrected chi connectivity index (χ2v) is 3.87. The van der Waals surface area contributed by atoms with Crippen LogP contribution in [0.3, 0.4) is 0 Å². The maximum absolute atomic E-state index is 13.6. The second kappa shape index (κ2) is 4.59. The Labute approximate surface area is 98.1 Å². The lowest BCUT2D eigenvalue weighted by Crippen LogP contribution is -2.14. The predicted octanol–water partition coefficient (Wildman–Crippen LogP) is 2.72. The zero-order valence-electron chi connectivity index (χ0n) is 9.32. The van der Waals surface area contributed by atoms with Crippen molar-refractivity contribution in [1.82, 2.24) is 4.98 Å². The van der Waals surface area contributed by atoms with Crippen LogP contribution in [-0.4, -0.2) is 4.98 Å². The Morgan fingerprint density at radius 3 is 2.59 bits per heavy atom. The highest BCUT2D eigenvalue weighted by molar-refractivity contribution is 5.32. The van der Waals surface area contributed by atoms with Gasteiger partial charge in [0, 0.05) is 23.5 Å². The Bertz CT molecular complexity index is 541. The third kappa shape index (κ3) is 2.47. The molecule has 17 heavy (non-hydrogen) atoms. The highest BCUT2D eigenvalue weighted by Gasteiger charge is 2.14. The van der Waals surface area contributed by atoms with E-state index in [1.54, 1.807) is 18.3 Å². The average molecular weight is 234 g/mol. The van der Waals surface area contributed by atoms with Gasteiger partial charge in [0.1, 0.15) is 11.6 Å². The standard InChI is InChI=1S/C13H12F2N2/c1-8-6-9(4-5-17-8)13(16)11-3-2-10(14)7-12(11)15/h2-7,13H,16H2,1H3. The van der Waals surface area contributed by atoms with Crippen molar-refractivity contribution in [2.45, 2.75) is 13.0 Å². The Morgan fingerprint density at radius 2 is 1.94 bits per heavy atom. The quantitative estimate of drug-likeness (QED) is 0.867. The fourth-order valence-electron chi connectivity index (χ4n) is 1.69. The van der Waals surface area contributed by atoms with E-state index >= 15 is 0 Å². The molecule has 0 spiro atoms. The Kier molecular flexibility index (Phi) is 3.15. The zero-order valence-corrected chi connectivity index (χ0v) is 9.32. The lowest BCUT2D eigenvalue weighted by atomic mass is 9.99. The van der Waals surface area contributed by atoms with Gasteiger partial charge >= 0.3 is 0 Å². The van der Waals surface area contributed by atoms with Crippen molar-refractivity contribution >= 4 is 0 Å². The van der Waals surface area contributed by atoms with Crippen LogP contribution < -0.4 is 5.73 Å². The molecule has 0 amide bonds. The molecule has 1 heterocycles. The summed E-state index contributed by atoms with van der Waals surface area (Å²) in [5, 5.41) is 0. The van der Waals surface area contributed by atoms with Crippen molar-refractivity contribution in [2.24, 2.45) is 5.73 Å². The minimum absolute atomic E-state index is 0.275. The van der Waals surface area contributed by atoms with Gasteiger partial charge in [-0.05, 0) is 30.7 Å². The number of aromatic nitrogens is 1. The molecule has 0 radical (unpaired) electrons. The Morgan fingerprint density at radius 1 is 1.18 bits per heavy atom. The van der Waals surface area contributed by atoms with Crippen LogP contribution in [0.5, 0.6) is 0 Å². The molecule has 0 aliphatic heterocycles. The fraction of sp³-hybridized carbons (Fsp3) is 0.154. The van der Waals surface area contributed by atoms with Gasteiger partial charge < -0.3 is 5.73 Å². The van der Waals surface area contributed by atoms with Gasteiger partial charge in [0.2, 0.25) is 0 Å².